The SMILES string of the molecule is CCc1cc2c(CC)c(N)ccc2s1. The van der Waals surface area contributed by atoms with Crippen molar-refractivity contribution in [3.8, 4) is 0 Å². The van der Waals surface area contributed by atoms with Crippen LogP contribution in [0.5, 0.6) is 0 Å². The van der Waals surface area contributed by atoms with Gasteiger partial charge in [0.2, 0.25) is 0 Å². The molecule has 2 rings (SSSR count). The predicted octanol–water partition coefficient (Wildman–Crippen LogP) is 3.61. The summed E-state index contributed by atoms with van der Waals surface area (Å²) in [5.74, 6) is 0. The van der Waals surface area contributed by atoms with Crippen LogP contribution in [-0.4, -0.2) is 0 Å². The lowest BCUT2D eigenvalue weighted by Crippen LogP contribution is -1.92. The van der Waals surface area contributed by atoms with Gasteiger partial charge in [0.05, 0.1) is 0 Å². The Hall–Kier alpha value is -1.02. The summed E-state index contributed by atoms with van der Waals surface area (Å²) in [4.78, 5) is 1.44. The second-order valence-electron chi connectivity index (χ2n) is 3.46. The summed E-state index contributed by atoms with van der Waals surface area (Å²) in [6.45, 7) is 4.36. The molecule has 0 aliphatic carbocycles. The minimum absolute atomic E-state index is 0.931. The van der Waals surface area contributed by atoms with E-state index in [9.17, 15) is 0 Å². The van der Waals surface area contributed by atoms with Gasteiger partial charge in [0.1, 0.15) is 0 Å². The van der Waals surface area contributed by atoms with Crippen LogP contribution in [0.3, 0.4) is 0 Å². The van der Waals surface area contributed by atoms with E-state index >= 15 is 0 Å². The highest BCUT2D eigenvalue weighted by Gasteiger charge is 2.06. The van der Waals surface area contributed by atoms with Gasteiger partial charge in [0.25, 0.3) is 0 Å². The molecule has 0 saturated carbocycles. The fourth-order valence-electron chi connectivity index (χ4n) is 1.81. The average Bonchev–Trinajstić information content (AvgIpc) is 2.60. The Bertz CT molecular complexity index is 457. The van der Waals surface area contributed by atoms with E-state index in [1.165, 1.54) is 20.5 Å². The molecule has 0 aliphatic rings. The summed E-state index contributed by atoms with van der Waals surface area (Å²) in [5, 5.41) is 1.36. The molecule has 0 saturated heterocycles. The molecule has 1 nitrogen and oxygen atoms in total. The van der Waals surface area contributed by atoms with Gasteiger partial charge in [0, 0.05) is 15.3 Å². The summed E-state index contributed by atoms with van der Waals surface area (Å²) in [7, 11) is 0. The molecule has 2 heteroatoms. The van der Waals surface area contributed by atoms with Crippen LogP contribution in [0.15, 0.2) is 18.2 Å². The zero-order valence-electron chi connectivity index (χ0n) is 8.63. The molecule has 2 aromatic rings. The monoisotopic (exact) mass is 205 g/mol. The molecule has 2 N–H and O–H groups in total. The van der Waals surface area contributed by atoms with Gasteiger partial charge >= 0.3 is 0 Å². The molecule has 0 radical (unpaired) electrons. The maximum Gasteiger partial charge on any atom is 0.0353 e. The Morgan fingerprint density at radius 2 is 2.00 bits per heavy atom. The van der Waals surface area contributed by atoms with E-state index in [2.05, 4.69) is 26.0 Å². The smallest absolute Gasteiger partial charge is 0.0353 e. The lowest BCUT2D eigenvalue weighted by molar-refractivity contribution is 1.16. The number of anilines is 1. The Balaban J connectivity index is 2.73. The molecule has 1 aromatic heterocycles. The number of thiophene rings is 1. The van der Waals surface area contributed by atoms with E-state index in [0.29, 0.717) is 0 Å². The highest BCUT2D eigenvalue weighted by molar-refractivity contribution is 7.19. The summed E-state index contributed by atoms with van der Waals surface area (Å²) in [6, 6.07) is 6.44. The molecule has 0 fully saturated rings. The first kappa shape index (κ1) is 9.53. The second-order valence-corrected chi connectivity index (χ2v) is 4.63. The van der Waals surface area contributed by atoms with E-state index in [-0.39, 0.29) is 0 Å². The number of hydrogen-bond acceptors (Lipinski definition) is 2. The number of aryl methyl sites for hydroxylation is 2. The predicted molar refractivity (Wildman–Crippen MR) is 65.0 cm³/mol. The first-order valence-electron chi connectivity index (χ1n) is 5.06. The molecule has 14 heavy (non-hydrogen) atoms. The molecular formula is C12H15NS. The summed E-state index contributed by atoms with van der Waals surface area (Å²) < 4.78 is 1.37. The highest BCUT2D eigenvalue weighted by atomic mass is 32.1. The number of rotatable bonds is 2. The first-order valence-corrected chi connectivity index (χ1v) is 5.87. The fraction of sp³-hybridized carbons (Fsp3) is 0.333. The van der Waals surface area contributed by atoms with Crippen LogP contribution in [0.25, 0.3) is 10.1 Å². The Labute approximate surface area is 88.6 Å². The third kappa shape index (κ3) is 1.40. The van der Waals surface area contributed by atoms with Crippen molar-refractivity contribution in [1.29, 1.82) is 0 Å². The zero-order valence-corrected chi connectivity index (χ0v) is 9.45. The van der Waals surface area contributed by atoms with Gasteiger partial charge in [-0.25, -0.2) is 0 Å². The summed E-state index contributed by atoms with van der Waals surface area (Å²) in [6.07, 6.45) is 2.13. The number of benzene rings is 1. The van der Waals surface area contributed by atoms with Gasteiger partial charge in [-0.3, -0.25) is 0 Å². The lowest BCUT2D eigenvalue weighted by atomic mass is 10.1. The largest absolute Gasteiger partial charge is 0.398 e. The molecule has 0 spiro atoms. The topological polar surface area (TPSA) is 26.0 Å². The van der Waals surface area contributed by atoms with Crippen molar-refractivity contribution in [1.82, 2.24) is 0 Å². The average molecular weight is 205 g/mol. The molecule has 1 aromatic carbocycles. The van der Waals surface area contributed by atoms with Crippen LogP contribution in [-0.2, 0) is 12.8 Å². The lowest BCUT2D eigenvalue weighted by Gasteiger charge is -2.03. The van der Waals surface area contributed by atoms with Crippen LogP contribution in [0.2, 0.25) is 0 Å². The van der Waals surface area contributed by atoms with Crippen LogP contribution in [0, 0.1) is 0 Å². The van der Waals surface area contributed by atoms with Crippen molar-refractivity contribution in [3.63, 3.8) is 0 Å². The van der Waals surface area contributed by atoms with Gasteiger partial charge < -0.3 is 5.73 Å². The summed E-state index contributed by atoms with van der Waals surface area (Å²) >= 11 is 1.88. The third-order valence-electron chi connectivity index (χ3n) is 2.60. The Morgan fingerprint density at radius 1 is 1.21 bits per heavy atom. The van der Waals surface area contributed by atoms with Crippen molar-refractivity contribution in [2.24, 2.45) is 0 Å². The quantitative estimate of drug-likeness (QED) is 0.745. The number of nitrogen functional groups attached to an aromatic ring is 1. The van der Waals surface area contributed by atoms with Gasteiger partial charge in [0.15, 0.2) is 0 Å². The van der Waals surface area contributed by atoms with Crippen LogP contribution < -0.4 is 5.73 Å². The van der Waals surface area contributed by atoms with Crippen LogP contribution in [0.4, 0.5) is 5.69 Å². The minimum atomic E-state index is 0.931. The highest BCUT2D eigenvalue weighted by Crippen LogP contribution is 2.31. The number of fused-ring (bicyclic) bond motifs is 1. The number of hydrogen-bond donors (Lipinski definition) is 1. The Kier molecular flexibility index (Phi) is 2.46. The molecule has 0 bridgehead atoms. The van der Waals surface area contributed by atoms with Gasteiger partial charge in [-0.05, 0) is 42.0 Å². The molecule has 74 valence electrons. The van der Waals surface area contributed by atoms with Gasteiger partial charge in [-0.1, -0.05) is 13.8 Å². The first-order chi connectivity index (χ1) is 6.76. The van der Waals surface area contributed by atoms with Crippen molar-refractivity contribution >= 4 is 27.1 Å². The van der Waals surface area contributed by atoms with Crippen LogP contribution in [0.1, 0.15) is 24.3 Å². The van der Waals surface area contributed by atoms with Gasteiger partial charge in [-0.15, -0.1) is 11.3 Å². The van der Waals surface area contributed by atoms with E-state index in [0.717, 1.165) is 18.5 Å². The van der Waals surface area contributed by atoms with E-state index in [4.69, 9.17) is 5.73 Å². The van der Waals surface area contributed by atoms with Crippen molar-refractivity contribution in [2.45, 2.75) is 26.7 Å². The van der Waals surface area contributed by atoms with Crippen LogP contribution >= 0.6 is 11.3 Å². The number of nitrogens with two attached hydrogens (primary N) is 1. The van der Waals surface area contributed by atoms with Crippen molar-refractivity contribution < 1.29 is 0 Å². The maximum absolute atomic E-state index is 5.95. The van der Waals surface area contributed by atoms with Crippen molar-refractivity contribution in [3.05, 3.63) is 28.6 Å². The molecule has 0 aliphatic heterocycles. The Morgan fingerprint density at radius 3 is 2.64 bits per heavy atom. The minimum Gasteiger partial charge on any atom is -0.398 e. The van der Waals surface area contributed by atoms with E-state index in [1.807, 2.05) is 17.4 Å². The standard InChI is InChI=1S/C12H15NS/c1-3-8-7-10-9(4-2)11(13)5-6-12(10)14-8/h5-7H,3-4,13H2,1-2H3. The summed E-state index contributed by atoms with van der Waals surface area (Å²) in [5.41, 5.74) is 8.19. The van der Waals surface area contributed by atoms with Crippen molar-refractivity contribution in [2.75, 3.05) is 5.73 Å². The molecule has 1 heterocycles. The zero-order chi connectivity index (χ0) is 10.1. The second kappa shape index (κ2) is 3.62. The van der Waals surface area contributed by atoms with E-state index in [1.54, 1.807) is 0 Å². The van der Waals surface area contributed by atoms with Gasteiger partial charge in [-0.2, -0.15) is 0 Å². The normalized spacial score (nSPS) is 11.0. The maximum atomic E-state index is 5.95. The fourth-order valence-corrected chi connectivity index (χ4v) is 2.84. The molecule has 0 amide bonds. The molecule has 0 atom stereocenters. The molecule has 0 unspecified atom stereocenters. The van der Waals surface area contributed by atoms with E-state index < -0.39 is 0 Å². The third-order valence-corrected chi connectivity index (χ3v) is 3.85. The molecular weight excluding hydrogens is 190 g/mol.